The highest BCUT2D eigenvalue weighted by atomic mass is 32.2. The number of nitrogens with zero attached hydrogens (tertiary/aromatic N) is 1. The maximum atomic E-state index is 12.6. The van der Waals surface area contributed by atoms with Crippen molar-refractivity contribution in [3.05, 3.63) is 70.6 Å². The van der Waals surface area contributed by atoms with Crippen molar-refractivity contribution in [1.82, 2.24) is 15.6 Å². The quantitative estimate of drug-likeness (QED) is 0.479. The van der Waals surface area contributed by atoms with Crippen LogP contribution < -0.4 is 10.6 Å². The molecule has 3 heterocycles. The molecule has 146 valence electrons. The predicted molar refractivity (Wildman–Crippen MR) is 110 cm³/mol. The van der Waals surface area contributed by atoms with Crippen LogP contribution in [-0.2, 0) is 11.2 Å². The van der Waals surface area contributed by atoms with Crippen molar-refractivity contribution in [2.45, 2.75) is 12.8 Å². The van der Waals surface area contributed by atoms with Gasteiger partial charge >= 0.3 is 0 Å². The number of aromatic nitrogens is 1. The Labute approximate surface area is 170 Å². The Morgan fingerprint density at radius 2 is 2.03 bits per heavy atom. The molecule has 1 aliphatic heterocycles. The van der Waals surface area contributed by atoms with Crippen LogP contribution in [0.5, 0.6) is 0 Å². The molecule has 2 aromatic heterocycles. The molecule has 0 spiro atoms. The zero-order chi connectivity index (χ0) is 20.2. The highest BCUT2D eigenvalue weighted by Gasteiger charge is 2.25. The summed E-state index contributed by atoms with van der Waals surface area (Å²) in [5.41, 5.74) is 1.94. The second-order valence-electron chi connectivity index (χ2n) is 6.45. The lowest BCUT2D eigenvalue weighted by Gasteiger charge is -2.05. The molecule has 2 N–H and O–H groups in total. The van der Waals surface area contributed by atoms with Crippen molar-refractivity contribution in [3.8, 4) is 0 Å². The van der Waals surface area contributed by atoms with Gasteiger partial charge in [-0.2, -0.15) is 0 Å². The number of rotatable bonds is 6. The average Bonchev–Trinajstić information content (AvgIpc) is 3.27. The van der Waals surface area contributed by atoms with Gasteiger partial charge in [-0.05, 0) is 36.2 Å². The lowest BCUT2D eigenvalue weighted by atomic mass is 10.1. The number of imide groups is 1. The van der Waals surface area contributed by atoms with E-state index in [1.54, 1.807) is 12.3 Å². The summed E-state index contributed by atoms with van der Waals surface area (Å²) < 4.78 is 5.76. The smallest absolute Gasteiger partial charge is 0.290 e. The van der Waals surface area contributed by atoms with E-state index in [-0.39, 0.29) is 10.8 Å². The number of nitrogens with one attached hydrogen (secondary N) is 2. The molecule has 0 atom stereocenters. The third-order valence-electron chi connectivity index (χ3n) is 4.37. The summed E-state index contributed by atoms with van der Waals surface area (Å²) in [5.74, 6) is -0.360. The predicted octanol–water partition coefficient (Wildman–Crippen LogP) is 3.51. The Morgan fingerprint density at radius 3 is 2.79 bits per heavy atom. The molecule has 29 heavy (non-hydrogen) atoms. The van der Waals surface area contributed by atoms with Crippen molar-refractivity contribution in [3.63, 3.8) is 0 Å². The van der Waals surface area contributed by atoms with Crippen LogP contribution >= 0.6 is 11.8 Å². The molecular weight excluding hydrogens is 390 g/mol. The summed E-state index contributed by atoms with van der Waals surface area (Å²) in [5, 5.41) is 5.30. The van der Waals surface area contributed by atoms with Crippen LogP contribution in [0.25, 0.3) is 17.0 Å². The molecule has 8 heteroatoms. The number of benzene rings is 1. The van der Waals surface area contributed by atoms with Crippen LogP contribution in [-0.4, -0.2) is 28.6 Å². The number of carbonyl (C=O) groups is 3. The minimum atomic E-state index is -0.463. The molecule has 0 radical (unpaired) electrons. The number of hydrogen-bond donors (Lipinski definition) is 2. The summed E-state index contributed by atoms with van der Waals surface area (Å²) in [7, 11) is 0. The molecule has 0 bridgehead atoms. The number of carbonyl (C=O) groups excluding carboxylic acids is 3. The first-order valence-corrected chi connectivity index (χ1v) is 9.86. The maximum Gasteiger partial charge on any atom is 0.290 e. The number of aryl methyl sites for hydroxylation is 1. The highest BCUT2D eigenvalue weighted by molar-refractivity contribution is 8.18. The number of hydrogen-bond acceptors (Lipinski definition) is 6. The van der Waals surface area contributed by atoms with Crippen molar-refractivity contribution < 1.29 is 18.8 Å². The molecule has 3 amide bonds. The Morgan fingerprint density at radius 1 is 1.21 bits per heavy atom. The molecule has 1 aromatic carbocycles. The highest BCUT2D eigenvalue weighted by Crippen LogP contribution is 2.29. The molecule has 0 aliphatic carbocycles. The summed E-state index contributed by atoms with van der Waals surface area (Å²) in [6.45, 7) is 0.528. The Kier molecular flexibility index (Phi) is 5.44. The summed E-state index contributed by atoms with van der Waals surface area (Å²) in [4.78, 5) is 39.9. The van der Waals surface area contributed by atoms with Crippen molar-refractivity contribution in [1.29, 1.82) is 0 Å². The number of thioether (sulfide) groups is 1. The largest absolute Gasteiger partial charge is 0.456 e. The molecule has 0 saturated carbocycles. The van der Waals surface area contributed by atoms with Gasteiger partial charge in [0.05, 0.1) is 4.91 Å². The normalized spacial score (nSPS) is 15.1. The van der Waals surface area contributed by atoms with Gasteiger partial charge in [-0.15, -0.1) is 0 Å². The van der Waals surface area contributed by atoms with Gasteiger partial charge in [-0.3, -0.25) is 24.7 Å². The van der Waals surface area contributed by atoms with Crippen LogP contribution in [0.1, 0.15) is 28.1 Å². The van der Waals surface area contributed by atoms with Gasteiger partial charge in [-0.1, -0.05) is 30.3 Å². The fourth-order valence-corrected chi connectivity index (χ4v) is 3.66. The Bertz CT molecular complexity index is 1120. The number of pyridine rings is 1. The fourth-order valence-electron chi connectivity index (χ4n) is 3.00. The summed E-state index contributed by atoms with van der Waals surface area (Å²) in [6.07, 6.45) is 6.21. The van der Waals surface area contributed by atoms with Crippen molar-refractivity contribution >= 4 is 45.9 Å². The van der Waals surface area contributed by atoms with Gasteiger partial charge in [0.1, 0.15) is 11.3 Å². The first-order chi connectivity index (χ1) is 14.1. The van der Waals surface area contributed by atoms with Crippen LogP contribution in [0.4, 0.5) is 4.79 Å². The van der Waals surface area contributed by atoms with Gasteiger partial charge in [0.15, 0.2) is 5.58 Å². The summed E-state index contributed by atoms with van der Waals surface area (Å²) in [6, 6.07) is 11.8. The molecule has 1 saturated heterocycles. The molecular formula is C21H17N3O4S. The topological polar surface area (TPSA) is 101 Å². The van der Waals surface area contributed by atoms with E-state index in [0.29, 0.717) is 28.8 Å². The average molecular weight is 407 g/mol. The van der Waals surface area contributed by atoms with Crippen LogP contribution in [0.15, 0.2) is 58.1 Å². The lowest BCUT2D eigenvalue weighted by Crippen LogP contribution is -2.25. The van der Waals surface area contributed by atoms with E-state index < -0.39 is 11.1 Å². The van der Waals surface area contributed by atoms with E-state index in [9.17, 15) is 14.4 Å². The molecule has 0 unspecified atom stereocenters. The number of fused-ring (bicyclic) bond motifs is 1. The molecule has 4 rings (SSSR count). The van der Waals surface area contributed by atoms with Gasteiger partial charge in [0, 0.05) is 30.4 Å². The second-order valence-corrected chi connectivity index (χ2v) is 7.47. The van der Waals surface area contributed by atoms with Crippen LogP contribution in [0.2, 0.25) is 0 Å². The van der Waals surface area contributed by atoms with E-state index in [4.69, 9.17) is 4.42 Å². The number of furan rings is 1. The van der Waals surface area contributed by atoms with Crippen molar-refractivity contribution in [2.75, 3.05) is 6.54 Å². The Balaban J connectivity index is 1.45. The SMILES string of the molecule is O=C1NC(=O)C(=Cc2cc3cncc(C(=O)NCCCc4ccccc4)c3o2)S1. The zero-order valence-electron chi connectivity index (χ0n) is 15.3. The minimum Gasteiger partial charge on any atom is -0.456 e. The van der Waals surface area contributed by atoms with Crippen LogP contribution in [0.3, 0.4) is 0 Å². The monoisotopic (exact) mass is 407 g/mol. The summed E-state index contributed by atoms with van der Waals surface area (Å²) >= 11 is 0.807. The third kappa shape index (κ3) is 4.38. The van der Waals surface area contributed by atoms with E-state index >= 15 is 0 Å². The van der Waals surface area contributed by atoms with E-state index in [0.717, 1.165) is 24.6 Å². The molecule has 7 nitrogen and oxygen atoms in total. The van der Waals surface area contributed by atoms with Gasteiger partial charge in [-0.25, -0.2) is 0 Å². The standard InChI is InChI=1S/C21H17N3O4S/c25-19(23-8-4-7-13-5-2-1-3-6-13)16-12-22-11-14-9-15(28-18(14)16)10-17-20(26)24-21(27)29-17/h1-3,5-6,9-12H,4,7-8H2,(H,23,25)(H,24,26,27). The van der Waals surface area contributed by atoms with Crippen molar-refractivity contribution in [2.24, 2.45) is 0 Å². The van der Waals surface area contributed by atoms with Gasteiger partial charge in [0.25, 0.3) is 17.1 Å². The lowest BCUT2D eigenvalue weighted by molar-refractivity contribution is -0.115. The van der Waals surface area contributed by atoms with E-state index in [1.165, 1.54) is 17.8 Å². The molecule has 3 aromatic rings. The maximum absolute atomic E-state index is 12.6. The van der Waals surface area contributed by atoms with E-state index in [1.807, 2.05) is 18.2 Å². The minimum absolute atomic E-state index is 0.244. The molecule has 1 aliphatic rings. The Hall–Kier alpha value is -3.39. The first kappa shape index (κ1) is 18.9. The molecule has 1 fully saturated rings. The van der Waals surface area contributed by atoms with Gasteiger partial charge in [0.2, 0.25) is 0 Å². The number of amides is 3. The van der Waals surface area contributed by atoms with E-state index in [2.05, 4.69) is 27.8 Å². The fraction of sp³-hybridized carbons (Fsp3) is 0.143. The third-order valence-corrected chi connectivity index (χ3v) is 5.18. The van der Waals surface area contributed by atoms with Gasteiger partial charge < -0.3 is 9.73 Å². The van der Waals surface area contributed by atoms with Crippen LogP contribution in [0, 0.1) is 0 Å². The second kappa shape index (κ2) is 8.32. The first-order valence-electron chi connectivity index (χ1n) is 9.05. The zero-order valence-corrected chi connectivity index (χ0v) is 16.1.